The van der Waals surface area contributed by atoms with E-state index >= 15 is 0 Å². The van der Waals surface area contributed by atoms with Crippen molar-refractivity contribution in [3.05, 3.63) is 132 Å². The molecule has 2 aromatic heterocycles. The van der Waals surface area contributed by atoms with Gasteiger partial charge in [0.2, 0.25) is 11.4 Å². The van der Waals surface area contributed by atoms with Gasteiger partial charge in [-0.1, -0.05) is 107 Å². The largest absolute Gasteiger partial charge is 0.213 e. The van der Waals surface area contributed by atoms with Gasteiger partial charge < -0.3 is 0 Å². The van der Waals surface area contributed by atoms with Gasteiger partial charge in [-0.05, 0) is 52.8 Å². The van der Waals surface area contributed by atoms with Gasteiger partial charge in [-0.25, -0.2) is 0 Å². The molecule has 2 aliphatic heterocycles. The third-order valence-electron chi connectivity index (χ3n) is 11.0. The van der Waals surface area contributed by atoms with Crippen molar-refractivity contribution < 1.29 is 9.13 Å². The minimum Gasteiger partial charge on any atom is -0.198 e. The van der Waals surface area contributed by atoms with Gasteiger partial charge in [-0.3, -0.25) is 0 Å². The lowest BCUT2D eigenvalue weighted by Gasteiger charge is -2.44. The van der Waals surface area contributed by atoms with E-state index in [4.69, 9.17) is 0 Å². The van der Waals surface area contributed by atoms with Crippen LogP contribution < -0.4 is 9.13 Å². The molecule has 3 unspecified atom stereocenters. The number of hydrogen-bond donors (Lipinski definition) is 0. The maximum Gasteiger partial charge on any atom is 0.213 e. The number of aromatic nitrogens is 2. The quantitative estimate of drug-likeness (QED) is 0.162. The van der Waals surface area contributed by atoms with Gasteiger partial charge in [0.15, 0.2) is 24.5 Å². The Bertz CT molecular complexity index is 1780. The van der Waals surface area contributed by atoms with Gasteiger partial charge in [0.05, 0.1) is 11.8 Å². The molecule has 44 heavy (non-hydrogen) atoms. The van der Waals surface area contributed by atoms with Crippen LogP contribution in [0.2, 0.25) is 0 Å². The fraction of sp³-hybridized carbons (Fsp3) is 0.333. The number of fused-ring (bicyclic) bond motifs is 6. The van der Waals surface area contributed by atoms with Crippen LogP contribution in [0.15, 0.2) is 116 Å². The third kappa shape index (κ3) is 4.53. The molecule has 0 spiro atoms. The fourth-order valence-corrected chi connectivity index (χ4v) is 8.67. The molecule has 0 amide bonds. The van der Waals surface area contributed by atoms with Crippen molar-refractivity contribution in [3.63, 3.8) is 0 Å². The molecule has 0 bridgehead atoms. The van der Waals surface area contributed by atoms with Gasteiger partial charge in [0.1, 0.15) is 0 Å². The van der Waals surface area contributed by atoms with Crippen LogP contribution in [0.3, 0.4) is 0 Å². The average Bonchev–Trinajstić information content (AvgIpc) is 3.09. The molecular formula is C42H46N2+2. The number of unbranched alkanes of at least 4 members (excludes halogenated alkanes) is 1. The van der Waals surface area contributed by atoms with Crippen LogP contribution in [0.25, 0.3) is 33.6 Å². The zero-order chi connectivity index (χ0) is 30.3. The van der Waals surface area contributed by atoms with E-state index < -0.39 is 0 Å². The number of hydrogen-bond acceptors (Lipinski definition) is 0. The molecule has 222 valence electrons. The number of rotatable bonds is 8. The average molecular weight is 579 g/mol. The Labute approximate surface area is 264 Å². The van der Waals surface area contributed by atoms with Crippen molar-refractivity contribution >= 4 is 0 Å². The first-order valence-corrected chi connectivity index (χ1v) is 16.9. The molecule has 0 fully saturated rings. The van der Waals surface area contributed by atoms with E-state index in [2.05, 4.69) is 152 Å². The first-order valence-electron chi connectivity index (χ1n) is 16.9. The molecule has 4 heterocycles. The molecule has 2 nitrogen and oxygen atoms in total. The second-order valence-corrected chi connectivity index (χ2v) is 13.1. The minimum absolute atomic E-state index is 0.0664. The number of pyridine rings is 2. The second-order valence-electron chi connectivity index (χ2n) is 13.1. The van der Waals surface area contributed by atoms with Gasteiger partial charge in [-0.2, -0.15) is 9.13 Å². The number of nitrogens with zero attached hydrogens (tertiary/aromatic N) is 2. The van der Waals surface area contributed by atoms with Crippen LogP contribution >= 0.6 is 0 Å². The standard InChI is InChI=1S/C42H46N2/c1-5-8-18-30(4)36-27-40-34-23-14-15-24-35(34)41(38-28-43-26-17-16-25-39(43)33-22-13-12-21-32(33)38)42(6-2,7-3)44(40)29-37(36)31-19-10-9-11-20-31/h9-17,19-27,29-30,38,41H,5-8,18,28H2,1-4H3/q+2. The van der Waals surface area contributed by atoms with Crippen molar-refractivity contribution in [2.45, 2.75) is 89.6 Å². The van der Waals surface area contributed by atoms with E-state index in [1.807, 2.05) is 0 Å². The summed E-state index contributed by atoms with van der Waals surface area (Å²) < 4.78 is 5.24. The van der Waals surface area contributed by atoms with E-state index in [1.165, 1.54) is 69.6 Å². The molecular weight excluding hydrogens is 532 g/mol. The molecule has 2 aliphatic rings. The van der Waals surface area contributed by atoms with E-state index in [9.17, 15) is 0 Å². The van der Waals surface area contributed by atoms with Crippen LogP contribution in [-0.4, -0.2) is 0 Å². The summed E-state index contributed by atoms with van der Waals surface area (Å²) in [4.78, 5) is 0. The summed E-state index contributed by atoms with van der Waals surface area (Å²) in [5, 5.41) is 0. The summed E-state index contributed by atoms with van der Waals surface area (Å²) in [5.74, 6) is 1.19. The SMILES string of the molecule is CCCCC(C)c1cc2[n+](cc1-c1ccccc1)C(CC)(CC)C(C1C[n+]3ccccc3-c3ccccc31)c1ccccc1-2. The highest BCUT2D eigenvalue weighted by molar-refractivity contribution is 5.72. The Hall–Kier alpha value is -4.04. The summed E-state index contributed by atoms with van der Waals surface area (Å²) in [6.07, 6.45) is 10.7. The van der Waals surface area contributed by atoms with Gasteiger partial charge in [0.25, 0.3) is 0 Å². The zero-order valence-corrected chi connectivity index (χ0v) is 26.8. The first-order chi connectivity index (χ1) is 21.6. The highest BCUT2D eigenvalue weighted by atomic mass is 15.1. The predicted octanol–water partition coefficient (Wildman–Crippen LogP) is 9.97. The molecule has 7 rings (SSSR count). The molecule has 0 saturated heterocycles. The van der Waals surface area contributed by atoms with Crippen LogP contribution in [0.1, 0.15) is 94.2 Å². The first kappa shape index (κ1) is 28.7. The topological polar surface area (TPSA) is 7.76 Å². The maximum absolute atomic E-state index is 2.74. The Kier molecular flexibility index (Phi) is 7.70. The Balaban J connectivity index is 1.50. The highest BCUT2D eigenvalue weighted by Gasteiger charge is 2.56. The van der Waals surface area contributed by atoms with E-state index in [-0.39, 0.29) is 5.54 Å². The third-order valence-corrected chi connectivity index (χ3v) is 11.0. The molecule has 0 saturated carbocycles. The molecule has 0 N–H and O–H groups in total. The molecule has 0 radical (unpaired) electrons. The molecule has 2 heteroatoms. The van der Waals surface area contributed by atoms with Crippen molar-refractivity contribution in [2.24, 2.45) is 0 Å². The smallest absolute Gasteiger partial charge is 0.198 e. The van der Waals surface area contributed by atoms with Crippen molar-refractivity contribution in [2.75, 3.05) is 0 Å². The normalized spacial score (nSPS) is 18.5. The Morgan fingerprint density at radius 3 is 2.11 bits per heavy atom. The van der Waals surface area contributed by atoms with Crippen molar-refractivity contribution in [1.82, 2.24) is 0 Å². The monoisotopic (exact) mass is 578 g/mol. The lowest BCUT2D eigenvalue weighted by atomic mass is 9.62. The van der Waals surface area contributed by atoms with Crippen LogP contribution in [-0.2, 0) is 12.1 Å². The Morgan fingerprint density at radius 1 is 0.727 bits per heavy atom. The van der Waals surface area contributed by atoms with Crippen molar-refractivity contribution in [3.8, 4) is 33.6 Å². The van der Waals surface area contributed by atoms with E-state index in [1.54, 1.807) is 0 Å². The summed E-state index contributed by atoms with van der Waals surface area (Å²) in [6.45, 7) is 10.6. The lowest BCUT2D eigenvalue weighted by Crippen LogP contribution is -2.64. The summed E-state index contributed by atoms with van der Waals surface area (Å²) in [6, 6.07) is 38.9. The van der Waals surface area contributed by atoms with Crippen LogP contribution in [0.5, 0.6) is 0 Å². The highest BCUT2D eigenvalue weighted by Crippen LogP contribution is 2.54. The summed E-state index contributed by atoms with van der Waals surface area (Å²) >= 11 is 0. The van der Waals surface area contributed by atoms with Gasteiger partial charge in [-0.15, -0.1) is 0 Å². The van der Waals surface area contributed by atoms with E-state index in [0.717, 1.165) is 19.4 Å². The van der Waals surface area contributed by atoms with Gasteiger partial charge in [0, 0.05) is 47.7 Å². The van der Waals surface area contributed by atoms with E-state index in [0.29, 0.717) is 17.8 Å². The van der Waals surface area contributed by atoms with Crippen molar-refractivity contribution in [1.29, 1.82) is 0 Å². The summed E-state index contributed by atoms with van der Waals surface area (Å²) in [7, 11) is 0. The number of benzene rings is 3. The summed E-state index contributed by atoms with van der Waals surface area (Å²) in [5.41, 5.74) is 12.6. The lowest BCUT2D eigenvalue weighted by molar-refractivity contribution is -0.765. The Morgan fingerprint density at radius 2 is 1.39 bits per heavy atom. The van der Waals surface area contributed by atoms with Gasteiger partial charge >= 0.3 is 0 Å². The molecule has 0 aliphatic carbocycles. The second kappa shape index (κ2) is 11.8. The minimum atomic E-state index is -0.0664. The molecule has 3 aromatic carbocycles. The van der Waals surface area contributed by atoms with Crippen LogP contribution in [0, 0.1) is 0 Å². The maximum atomic E-state index is 2.74. The zero-order valence-electron chi connectivity index (χ0n) is 26.8. The molecule has 5 aromatic rings. The van der Waals surface area contributed by atoms with Crippen LogP contribution in [0.4, 0.5) is 0 Å². The predicted molar refractivity (Wildman–Crippen MR) is 182 cm³/mol. The molecule has 3 atom stereocenters. The fourth-order valence-electron chi connectivity index (χ4n) is 8.67.